The highest BCUT2D eigenvalue weighted by Gasteiger charge is 2.35. The number of ether oxygens (including phenoxy) is 1. The fraction of sp³-hybridized carbons (Fsp3) is 0.391. The molecule has 172 valence electrons. The van der Waals surface area contributed by atoms with Crippen molar-refractivity contribution in [3.63, 3.8) is 0 Å². The summed E-state index contributed by atoms with van der Waals surface area (Å²) in [5, 5.41) is 2.79. The van der Waals surface area contributed by atoms with Crippen molar-refractivity contribution in [1.82, 2.24) is 4.72 Å². The van der Waals surface area contributed by atoms with Crippen molar-refractivity contribution in [2.45, 2.75) is 31.6 Å². The molecule has 1 saturated heterocycles. The van der Waals surface area contributed by atoms with E-state index in [4.69, 9.17) is 4.74 Å². The summed E-state index contributed by atoms with van der Waals surface area (Å²) < 4.78 is 32.4. The number of aryl methyl sites for hydroxylation is 1. The van der Waals surface area contributed by atoms with E-state index in [0.717, 1.165) is 11.3 Å². The van der Waals surface area contributed by atoms with Crippen LogP contribution >= 0.6 is 0 Å². The van der Waals surface area contributed by atoms with Gasteiger partial charge in [-0.1, -0.05) is 18.2 Å². The van der Waals surface area contributed by atoms with Gasteiger partial charge in [-0.2, -0.15) is 0 Å². The number of hydrogen-bond acceptors (Lipinski definition) is 5. The Bertz CT molecular complexity index is 1050. The molecule has 1 fully saturated rings. The van der Waals surface area contributed by atoms with Crippen LogP contribution in [0, 0.1) is 12.8 Å². The summed E-state index contributed by atoms with van der Waals surface area (Å²) in [6.07, 6.45) is 0.721. The number of amides is 2. The quantitative estimate of drug-likeness (QED) is 0.532. The molecule has 1 atom stereocenters. The second kappa shape index (κ2) is 10.7. The number of nitrogens with one attached hydrogen (secondary N) is 2. The number of hydrogen-bond donors (Lipinski definition) is 2. The van der Waals surface area contributed by atoms with Gasteiger partial charge in [0.2, 0.25) is 21.8 Å². The summed E-state index contributed by atoms with van der Waals surface area (Å²) in [7, 11) is -3.63. The molecule has 32 heavy (non-hydrogen) atoms. The number of nitrogens with zero attached hydrogens (tertiary/aromatic N) is 1. The number of carbonyl (C=O) groups excluding carboxylic acids is 2. The van der Waals surface area contributed by atoms with Crippen molar-refractivity contribution in [3.05, 3.63) is 54.1 Å². The van der Waals surface area contributed by atoms with Gasteiger partial charge in [0.1, 0.15) is 0 Å². The lowest BCUT2D eigenvalue weighted by molar-refractivity contribution is -0.122. The van der Waals surface area contributed by atoms with Crippen LogP contribution in [0.25, 0.3) is 0 Å². The average Bonchev–Trinajstić information content (AvgIpc) is 3.16. The monoisotopic (exact) mass is 459 g/mol. The molecule has 0 radical (unpaired) electrons. The van der Waals surface area contributed by atoms with Crippen molar-refractivity contribution >= 4 is 33.2 Å². The zero-order valence-electron chi connectivity index (χ0n) is 18.3. The van der Waals surface area contributed by atoms with Gasteiger partial charge in [-0.15, -0.1) is 0 Å². The van der Waals surface area contributed by atoms with Gasteiger partial charge < -0.3 is 15.0 Å². The third-order valence-electron chi connectivity index (χ3n) is 5.30. The molecule has 0 spiro atoms. The maximum absolute atomic E-state index is 12.7. The van der Waals surface area contributed by atoms with E-state index >= 15 is 0 Å². The molecule has 2 N–H and O–H groups in total. The summed E-state index contributed by atoms with van der Waals surface area (Å²) in [5.41, 5.74) is 2.27. The van der Waals surface area contributed by atoms with E-state index in [0.29, 0.717) is 31.9 Å². The fourth-order valence-corrected chi connectivity index (χ4v) is 4.63. The second-order valence-corrected chi connectivity index (χ2v) is 9.42. The highest BCUT2D eigenvalue weighted by molar-refractivity contribution is 7.89. The normalized spacial score (nSPS) is 16.4. The van der Waals surface area contributed by atoms with E-state index in [-0.39, 0.29) is 29.7 Å². The molecule has 2 aromatic carbocycles. The van der Waals surface area contributed by atoms with E-state index in [1.807, 2.05) is 38.1 Å². The molecule has 2 aromatic rings. The van der Waals surface area contributed by atoms with Crippen molar-refractivity contribution < 1.29 is 22.7 Å². The number of rotatable bonds is 10. The van der Waals surface area contributed by atoms with Gasteiger partial charge >= 0.3 is 0 Å². The minimum atomic E-state index is -3.63. The number of benzene rings is 2. The van der Waals surface area contributed by atoms with Crippen LogP contribution < -0.4 is 14.9 Å². The molecular weight excluding hydrogens is 430 g/mol. The summed E-state index contributed by atoms with van der Waals surface area (Å²) in [5.74, 6) is -0.826. The highest BCUT2D eigenvalue weighted by Crippen LogP contribution is 2.28. The number of sulfonamides is 1. The van der Waals surface area contributed by atoms with Crippen molar-refractivity contribution in [1.29, 1.82) is 0 Å². The lowest BCUT2D eigenvalue weighted by atomic mass is 10.1. The van der Waals surface area contributed by atoms with E-state index in [9.17, 15) is 18.0 Å². The summed E-state index contributed by atoms with van der Waals surface area (Å²) in [6.45, 7) is 5.50. The predicted molar refractivity (Wildman–Crippen MR) is 123 cm³/mol. The Balaban J connectivity index is 1.57. The number of anilines is 2. The molecule has 0 aliphatic carbocycles. The van der Waals surface area contributed by atoms with Crippen LogP contribution in [0.3, 0.4) is 0 Å². The van der Waals surface area contributed by atoms with Crippen LogP contribution in [0.2, 0.25) is 0 Å². The number of para-hydroxylation sites is 1. The Morgan fingerprint density at radius 2 is 1.88 bits per heavy atom. The lowest BCUT2D eigenvalue weighted by Crippen LogP contribution is -2.28. The summed E-state index contributed by atoms with van der Waals surface area (Å²) in [6, 6.07) is 13.6. The van der Waals surface area contributed by atoms with Crippen LogP contribution in [-0.2, 0) is 24.3 Å². The van der Waals surface area contributed by atoms with E-state index < -0.39 is 15.9 Å². The van der Waals surface area contributed by atoms with Crippen LogP contribution in [0.5, 0.6) is 0 Å². The molecule has 0 saturated carbocycles. The summed E-state index contributed by atoms with van der Waals surface area (Å²) in [4.78, 5) is 26.9. The standard InChI is InChI=1S/C23H29N3O5S/c1-3-31-14-6-13-24-32(29,30)20-11-9-19(10-12-20)25-23(28)18-15-22(27)26(16-18)21-8-5-4-7-17(21)2/h4-5,7-12,18,24H,3,6,13-16H2,1-2H3,(H,25,28). The predicted octanol–water partition coefficient (Wildman–Crippen LogP) is 2.69. The SMILES string of the molecule is CCOCCCNS(=O)(=O)c1ccc(NC(=O)C2CC(=O)N(c3ccccc3C)C2)cc1. The Labute approximate surface area is 189 Å². The Kier molecular flexibility index (Phi) is 8.00. The first kappa shape index (κ1) is 23.9. The molecular formula is C23H29N3O5S. The average molecular weight is 460 g/mol. The minimum Gasteiger partial charge on any atom is -0.382 e. The van der Waals surface area contributed by atoms with Gasteiger partial charge in [-0.3, -0.25) is 9.59 Å². The first-order valence-electron chi connectivity index (χ1n) is 10.7. The Morgan fingerprint density at radius 1 is 1.16 bits per heavy atom. The van der Waals surface area contributed by atoms with Gasteiger partial charge in [0, 0.05) is 44.1 Å². The molecule has 1 aliphatic heterocycles. The molecule has 2 amide bonds. The first-order valence-corrected chi connectivity index (χ1v) is 12.1. The van der Waals surface area contributed by atoms with Crippen LogP contribution in [0.4, 0.5) is 11.4 Å². The summed E-state index contributed by atoms with van der Waals surface area (Å²) >= 11 is 0. The van der Waals surface area contributed by atoms with Gasteiger partial charge in [0.15, 0.2) is 0 Å². The largest absolute Gasteiger partial charge is 0.382 e. The molecule has 9 heteroatoms. The molecule has 1 unspecified atom stereocenters. The van der Waals surface area contributed by atoms with Gasteiger partial charge in [0.05, 0.1) is 10.8 Å². The second-order valence-electron chi connectivity index (χ2n) is 7.65. The van der Waals surface area contributed by atoms with Crippen LogP contribution in [0.15, 0.2) is 53.4 Å². The smallest absolute Gasteiger partial charge is 0.240 e. The van der Waals surface area contributed by atoms with Crippen LogP contribution in [0.1, 0.15) is 25.3 Å². The van der Waals surface area contributed by atoms with Crippen LogP contribution in [-0.4, -0.2) is 46.5 Å². The Morgan fingerprint density at radius 3 is 2.56 bits per heavy atom. The Hall–Kier alpha value is -2.75. The molecule has 0 bridgehead atoms. The highest BCUT2D eigenvalue weighted by atomic mass is 32.2. The molecule has 1 heterocycles. The number of carbonyl (C=O) groups is 2. The maximum Gasteiger partial charge on any atom is 0.240 e. The zero-order chi connectivity index (χ0) is 23.1. The van der Waals surface area contributed by atoms with Crippen molar-refractivity contribution in [2.24, 2.45) is 5.92 Å². The maximum atomic E-state index is 12.7. The molecule has 8 nitrogen and oxygen atoms in total. The van der Waals surface area contributed by atoms with Gasteiger partial charge in [-0.05, 0) is 56.2 Å². The molecule has 3 rings (SSSR count). The fourth-order valence-electron chi connectivity index (χ4n) is 3.55. The van der Waals surface area contributed by atoms with Gasteiger partial charge in [0.25, 0.3) is 0 Å². The van der Waals surface area contributed by atoms with Crippen molar-refractivity contribution in [2.75, 3.05) is 36.5 Å². The lowest BCUT2D eigenvalue weighted by Gasteiger charge is -2.19. The third-order valence-corrected chi connectivity index (χ3v) is 6.77. The van der Waals surface area contributed by atoms with E-state index in [1.165, 1.54) is 12.1 Å². The first-order chi connectivity index (χ1) is 15.3. The topological polar surface area (TPSA) is 105 Å². The molecule has 1 aliphatic rings. The van der Waals surface area contributed by atoms with E-state index in [1.54, 1.807) is 17.0 Å². The molecule has 0 aromatic heterocycles. The van der Waals surface area contributed by atoms with E-state index in [2.05, 4.69) is 10.0 Å². The van der Waals surface area contributed by atoms with Crippen molar-refractivity contribution in [3.8, 4) is 0 Å². The van der Waals surface area contributed by atoms with Gasteiger partial charge in [-0.25, -0.2) is 13.1 Å². The zero-order valence-corrected chi connectivity index (χ0v) is 19.2. The third kappa shape index (κ3) is 5.93. The minimum absolute atomic E-state index is 0.0868.